The van der Waals surface area contributed by atoms with Crippen LogP contribution in [-0.4, -0.2) is 5.75 Å². The third-order valence-corrected chi connectivity index (χ3v) is 4.36. The van der Waals surface area contributed by atoms with Crippen molar-refractivity contribution in [2.75, 3.05) is 5.75 Å². The van der Waals surface area contributed by atoms with E-state index in [2.05, 4.69) is 42.6 Å². The highest BCUT2D eigenvalue weighted by Crippen LogP contribution is 2.25. The van der Waals surface area contributed by atoms with E-state index >= 15 is 0 Å². The molecule has 84 valence electrons. The van der Waals surface area contributed by atoms with Crippen LogP contribution in [0.15, 0.2) is 46.7 Å². The summed E-state index contributed by atoms with van der Waals surface area (Å²) in [5.41, 5.74) is 7.40. The van der Waals surface area contributed by atoms with Crippen LogP contribution in [0.5, 0.6) is 0 Å². The Hall–Kier alpha value is -0.770. The first kappa shape index (κ1) is 11.7. The largest absolute Gasteiger partial charge is 0.323 e. The second-order valence-electron chi connectivity index (χ2n) is 3.72. The van der Waals surface area contributed by atoms with Gasteiger partial charge in [-0.05, 0) is 36.1 Å². The van der Waals surface area contributed by atoms with Crippen molar-refractivity contribution in [2.45, 2.75) is 17.9 Å². The summed E-state index contributed by atoms with van der Waals surface area (Å²) in [6.45, 7) is 2.12. The molecular formula is C13H15NS2. The van der Waals surface area contributed by atoms with Crippen LogP contribution in [0.2, 0.25) is 0 Å². The molecule has 0 fully saturated rings. The zero-order valence-corrected chi connectivity index (χ0v) is 10.9. The summed E-state index contributed by atoms with van der Waals surface area (Å²) in [5, 5.41) is 2.16. The van der Waals surface area contributed by atoms with Gasteiger partial charge in [0.15, 0.2) is 0 Å². The molecule has 2 aromatic rings. The fourth-order valence-electron chi connectivity index (χ4n) is 1.46. The Labute approximate surface area is 105 Å². The molecule has 0 saturated heterocycles. The lowest BCUT2D eigenvalue weighted by Gasteiger charge is -2.09. The molecule has 0 bridgehead atoms. The van der Waals surface area contributed by atoms with Gasteiger partial charge >= 0.3 is 0 Å². The van der Waals surface area contributed by atoms with Gasteiger partial charge in [-0.2, -0.15) is 0 Å². The van der Waals surface area contributed by atoms with Crippen molar-refractivity contribution in [2.24, 2.45) is 5.73 Å². The minimum atomic E-state index is 0.134. The Bertz CT molecular complexity index is 436. The molecule has 0 spiro atoms. The molecule has 1 unspecified atom stereocenters. The van der Waals surface area contributed by atoms with E-state index in [4.69, 9.17) is 5.73 Å². The highest BCUT2D eigenvalue weighted by Gasteiger charge is 2.07. The number of hydrogen-bond acceptors (Lipinski definition) is 3. The molecule has 3 heteroatoms. The summed E-state index contributed by atoms with van der Waals surface area (Å²) in [6, 6.07) is 12.7. The predicted molar refractivity (Wildman–Crippen MR) is 73.2 cm³/mol. The predicted octanol–water partition coefficient (Wildman–Crippen LogP) is 3.85. The average molecular weight is 249 g/mol. The maximum Gasteiger partial charge on any atom is 0.0398 e. The van der Waals surface area contributed by atoms with Crippen LogP contribution in [0.1, 0.15) is 16.5 Å². The molecule has 0 amide bonds. The number of nitrogens with two attached hydrogens (primary N) is 1. The normalized spacial score (nSPS) is 12.6. The van der Waals surface area contributed by atoms with Gasteiger partial charge in [0.2, 0.25) is 0 Å². The molecule has 1 aromatic heterocycles. The number of thiophene rings is 1. The highest BCUT2D eigenvalue weighted by atomic mass is 32.2. The van der Waals surface area contributed by atoms with Crippen molar-refractivity contribution in [3.63, 3.8) is 0 Å². The summed E-state index contributed by atoms with van der Waals surface area (Å²) >= 11 is 3.58. The number of benzene rings is 1. The van der Waals surface area contributed by atoms with Crippen LogP contribution in [0.3, 0.4) is 0 Å². The summed E-state index contributed by atoms with van der Waals surface area (Å²) in [7, 11) is 0. The maximum atomic E-state index is 6.14. The zero-order valence-electron chi connectivity index (χ0n) is 9.22. The van der Waals surface area contributed by atoms with Crippen LogP contribution < -0.4 is 5.73 Å². The smallest absolute Gasteiger partial charge is 0.0398 e. The molecule has 1 heterocycles. The molecule has 1 aromatic carbocycles. The van der Waals surface area contributed by atoms with Crippen molar-refractivity contribution in [3.05, 3.63) is 52.2 Å². The fraction of sp³-hybridized carbons (Fsp3) is 0.231. The lowest BCUT2D eigenvalue weighted by molar-refractivity contribution is 0.835. The first-order chi connectivity index (χ1) is 7.75. The first-order valence-electron chi connectivity index (χ1n) is 5.24. The molecule has 0 aliphatic heterocycles. The van der Waals surface area contributed by atoms with Crippen LogP contribution in [0.25, 0.3) is 0 Å². The van der Waals surface area contributed by atoms with Crippen LogP contribution in [0.4, 0.5) is 0 Å². The summed E-state index contributed by atoms with van der Waals surface area (Å²) in [5.74, 6) is 0.931. The third-order valence-electron chi connectivity index (χ3n) is 2.35. The van der Waals surface area contributed by atoms with E-state index in [1.54, 1.807) is 11.3 Å². The number of hydrogen-bond donors (Lipinski definition) is 1. The van der Waals surface area contributed by atoms with Gasteiger partial charge in [0, 0.05) is 21.6 Å². The van der Waals surface area contributed by atoms with Crippen molar-refractivity contribution >= 4 is 23.1 Å². The van der Waals surface area contributed by atoms with Gasteiger partial charge in [0.1, 0.15) is 0 Å². The zero-order chi connectivity index (χ0) is 11.4. The molecule has 1 nitrogen and oxygen atoms in total. The summed E-state index contributed by atoms with van der Waals surface area (Å²) in [6.07, 6.45) is 0. The SMILES string of the molecule is Cc1cc(C(N)CSc2ccccc2)cs1. The Kier molecular flexibility index (Phi) is 4.04. The fourth-order valence-corrected chi connectivity index (χ4v) is 3.14. The van der Waals surface area contributed by atoms with E-state index in [1.807, 2.05) is 17.8 Å². The topological polar surface area (TPSA) is 26.0 Å². The number of thioether (sulfide) groups is 1. The standard InChI is InChI=1S/C13H15NS2/c1-10-7-11(8-15-10)13(14)9-16-12-5-3-2-4-6-12/h2-8,13H,9,14H2,1H3. The van der Waals surface area contributed by atoms with Gasteiger partial charge in [0.05, 0.1) is 0 Å². The van der Waals surface area contributed by atoms with Crippen molar-refractivity contribution in [3.8, 4) is 0 Å². The summed E-state index contributed by atoms with van der Waals surface area (Å²) < 4.78 is 0. The Morgan fingerprint density at radius 3 is 2.69 bits per heavy atom. The first-order valence-corrected chi connectivity index (χ1v) is 7.10. The van der Waals surface area contributed by atoms with Gasteiger partial charge in [-0.1, -0.05) is 18.2 Å². The monoisotopic (exact) mass is 249 g/mol. The highest BCUT2D eigenvalue weighted by molar-refractivity contribution is 7.99. The van der Waals surface area contributed by atoms with Gasteiger partial charge in [0.25, 0.3) is 0 Å². The Balaban J connectivity index is 1.91. The van der Waals surface area contributed by atoms with Crippen molar-refractivity contribution in [1.29, 1.82) is 0 Å². The molecule has 2 rings (SSSR count). The lowest BCUT2D eigenvalue weighted by atomic mass is 10.2. The van der Waals surface area contributed by atoms with E-state index in [-0.39, 0.29) is 6.04 Å². The van der Waals surface area contributed by atoms with E-state index in [9.17, 15) is 0 Å². The molecular weight excluding hydrogens is 234 g/mol. The molecule has 2 N–H and O–H groups in total. The molecule has 1 atom stereocenters. The Morgan fingerprint density at radius 2 is 2.06 bits per heavy atom. The maximum absolute atomic E-state index is 6.14. The molecule has 16 heavy (non-hydrogen) atoms. The second kappa shape index (κ2) is 5.53. The van der Waals surface area contributed by atoms with Crippen LogP contribution in [0, 0.1) is 6.92 Å². The number of aryl methyl sites for hydroxylation is 1. The lowest BCUT2D eigenvalue weighted by Crippen LogP contribution is -2.11. The molecule has 0 aliphatic carbocycles. The molecule has 0 aliphatic rings. The summed E-state index contributed by atoms with van der Waals surface area (Å²) in [4.78, 5) is 2.61. The van der Waals surface area contributed by atoms with Crippen molar-refractivity contribution < 1.29 is 0 Å². The quantitative estimate of drug-likeness (QED) is 0.833. The second-order valence-corrected chi connectivity index (χ2v) is 5.93. The van der Waals surface area contributed by atoms with Crippen LogP contribution in [-0.2, 0) is 0 Å². The van der Waals surface area contributed by atoms with E-state index < -0.39 is 0 Å². The molecule has 0 saturated carbocycles. The third kappa shape index (κ3) is 3.11. The van der Waals surface area contributed by atoms with Crippen molar-refractivity contribution in [1.82, 2.24) is 0 Å². The van der Waals surface area contributed by atoms with Crippen LogP contribution >= 0.6 is 23.1 Å². The Morgan fingerprint density at radius 1 is 1.31 bits per heavy atom. The van der Waals surface area contributed by atoms with Gasteiger partial charge in [-0.15, -0.1) is 23.1 Å². The van der Waals surface area contributed by atoms with E-state index in [0.717, 1.165) is 5.75 Å². The molecule has 0 radical (unpaired) electrons. The van der Waals surface area contributed by atoms with Gasteiger partial charge < -0.3 is 5.73 Å². The minimum absolute atomic E-state index is 0.134. The van der Waals surface area contributed by atoms with Gasteiger partial charge in [-0.25, -0.2) is 0 Å². The van der Waals surface area contributed by atoms with Gasteiger partial charge in [-0.3, -0.25) is 0 Å². The van der Waals surface area contributed by atoms with E-state index in [0.29, 0.717) is 0 Å². The van der Waals surface area contributed by atoms with E-state index in [1.165, 1.54) is 15.3 Å². The number of rotatable bonds is 4. The minimum Gasteiger partial charge on any atom is -0.323 e. The average Bonchev–Trinajstić information content (AvgIpc) is 2.74.